The van der Waals surface area contributed by atoms with Crippen molar-refractivity contribution >= 4 is 11.6 Å². The second-order valence-corrected chi connectivity index (χ2v) is 6.61. The van der Waals surface area contributed by atoms with E-state index in [-0.39, 0.29) is 17.7 Å². The molecule has 0 aliphatic carbocycles. The number of alkyl halides is 1. The van der Waals surface area contributed by atoms with Crippen molar-refractivity contribution in [3.05, 3.63) is 71.8 Å². The summed E-state index contributed by atoms with van der Waals surface area (Å²) in [6.07, 6.45) is 3.41. The van der Waals surface area contributed by atoms with Gasteiger partial charge in [0.2, 0.25) is 0 Å². The Balaban J connectivity index is 1.67. The standard InChI is InChI=1S/C20H17F2N3O2/c1-24-10-15(9-23-24)13-6-7-14(17(22)8-13)11-25-18-5-3-2-4-16(18)20(27,12-21)19(25)26/h2-10,27H,11-12H2,1H3. The summed E-state index contributed by atoms with van der Waals surface area (Å²) >= 11 is 0. The van der Waals surface area contributed by atoms with E-state index in [0.717, 1.165) is 5.56 Å². The van der Waals surface area contributed by atoms with Crippen LogP contribution in [-0.4, -0.2) is 27.5 Å². The molecule has 1 atom stereocenters. The molecule has 0 bridgehead atoms. The third kappa shape index (κ3) is 2.71. The fraction of sp³-hybridized carbons (Fsp3) is 0.200. The summed E-state index contributed by atoms with van der Waals surface area (Å²) in [6, 6.07) is 11.1. The Morgan fingerprint density at radius 2 is 1.96 bits per heavy atom. The summed E-state index contributed by atoms with van der Waals surface area (Å²) in [6.45, 7) is -1.33. The first-order valence-electron chi connectivity index (χ1n) is 8.41. The van der Waals surface area contributed by atoms with Crippen LogP contribution in [0, 0.1) is 5.82 Å². The zero-order valence-electron chi connectivity index (χ0n) is 14.6. The third-order valence-corrected chi connectivity index (χ3v) is 4.85. The molecular formula is C20H17F2N3O2. The van der Waals surface area contributed by atoms with E-state index < -0.39 is 24.0 Å². The fourth-order valence-electron chi connectivity index (χ4n) is 3.39. The van der Waals surface area contributed by atoms with Gasteiger partial charge in [-0.25, -0.2) is 8.78 Å². The molecule has 2 aromatic carbocycles. The van der Waals surface area contributed by atoms with Gasteiger partial charge in [-0.05, 0) is 17.7 Å². The van der Waals surface area contributed by atoms with Crippen LogP contribution in [0.1, 0.15) is 11.1 Å². The fourth-order valence-corrected chi connectivity index (χ4v) is 3.39. The van der Waals surface area contributed by atoms with Crippen LogP contribution in [0.15, 0.2) is 54.9 Å². The number of hydrogen-bond acceptors (Lipinski definition) is 3. The van der Waals surface area contributed by atoms with E-state index >= 15 is 0 Å². The zero-order chi connectivity index (χ0) is 19.2. The van der Waals surface area contributed by atoms with Gasteiger partial charge in [0, 0.05) is 29.9 Å². The molecule has 7 heteroatoms. The zero-order valence-corrected chi connectivity index (χ0v) is 14.6. The van der Waals surface area contributed by atoms with E-state index in [0.29, 0.717) is 11.3 Å². The van der Waals surface area contributed by atoms with Crippen molar-refractivity contribution in [2.24, 2.45) is 7.05 Å². The average molecular weight is 369 g/mol. The normalized spacial score (nSPS) is 18.8. The molecule has 1 N–H and O–H groups in total. The number of aliphatic hydroxyl groups is 1. The van der Waals surface area contributed by atoms with Crippen molar-refractivity contribution in [1.29, 1.82) is 0 Å². The Bertz CT molecular complexity index is 1030. The highest BCUT2D eigenvalue weighted by Gasteiger charge is 2.49. The number of aryl methyl sites for hydroxylation is 1. The number of rotatable bonds is 4. The Kier molecular flexibility index (Phi) is 4.04. The highest BCUT2D eigenvalue weighted by Crippen LogP contribution is 2.41. The minimum absolute atomic E-state index is 0.0999. The third-order valence-electron chi connectivity index (χ3n) is 4.85. The number of carbonyl (C=O) groups is 1. The highest BCUT2D eigenvalue weighted by molar-refractivity contribution is 6.06. The van der Waals surface area contributed by atoms with Crippen molar-refractivity contribution in [3.8, 4) is 11.1 Å². The molecule has 1 unspecified atom stereocenters. The number of carbonyl (C=O) groups excluding carboxylic acids is 1. The van der Waals surface area contributed by atoms with Crippen LogP contribution in [0.25, 0.3) is 11.1 Å². The second kappa shape index (κ2) is 6.28. The van der Waals surface area contributed by atoms with Crippen LogP contribution in [0.5, 0.6) is 0 Å². The number of anilines is 1. The minimum atomic E-state index is -2.22. The maximum atomic E-state index is 14.7. The van der Waals surface area contributed by atoms with Crippen molar-refractivity contribution in [2.45, 2.75) is 12.1 Å². The first-order chi connectivity index (χ1) is 12.9. The summed E-state index contributed by atoms with van der Waals surface area (Å²) in [4.78, 5) is 13.8. The number of aromatic nitrogens is 2. The lowest BCUT2D eigenvalue weighted by Crippen LogP contribution is -2.41. The lowest BCUT2D eigenvalue weighted by Gasteiger charge is -2.21. The Morgan fingerprint density at radius 3 is 2.63 bits per heavy atom. The minimum Gasteiger partial charge on any atom is -0.373 e. The van der Waals surface area contributed by atoms with Crippen molar-refractivity contribution in [3.63, 3.8) is 0 Å². The SMILES string of the molecule is Cn1cc(-c2ccc(CN3C(=O)C(O)(CF)c4ccccc43)c(F)c2)cn1. The molecule has 4 rings (SSSR count). The molecule has 3 aromatic rings. The molecule has 1 aliphatic heterocycles. The smallest absolute Gasteiger partial charge is 0.266 e. The first kappa shape index (κ1) is 17.4. The summed E-state index contributed by atoms with van der Waals surface area (Å²) in [5, 5.41) is 14.5. The van der Waals surface area contributed by atoms with Gasteiger partial charge in [0.25, 0.3) is 5.91 Å². The van der Waals surface area contributed by atoms with Crippen LogP contribution in [0.3, 0.4) is 0 Å². The number of fused-ring (bicyclic) bond motifs is 1. The molecule has 0 saturated heterocycles. The van der Waals surface area contributed by atoms with Crippen molar-refractivity contribution < 1.29 is 18.7 Å². The van der Waals surface area contributed by atoms with Gasteiger partial charge in [-0.3, -0.25) is 9.48 Å². The summed E-state index contributed by atoms with van der Waals surface area (Å²) in [5.41, 5.74) is 0.0789. The molecule has 5 nitrogen and oxygen atoms in total. The van der Waals surface area contributed by atoms with E-state index in [1.54, 1.807) is 54.5 Å². The number of para-hydroxylation sites is 1. The first-order valence-corrected chi connectivity index (χ1v) is 8.41. The number of benzene rings is 2. The van der Waals surface area contributed by atoms with Crippen LogP contribution in [0.4, 0.5) is 14.5 Å². The molecule has 0 spiro atoms. The van der Waals surface area contributed by atoms with Gasteiger partial charge < -0.3 is 10.0 Å². The largest absolute Gasteiger partial charge is 0.373 e. The van der Waals surface area contributed by atoms with E-state index in [2.05, 4.69) is 5.10 Å². The second-order valence-electron chi connectivity index (χ2n) is 6.61. The predicted molar refractivity (Wildman–Crippen MR) is 96.1 cm³/mol. The van der Waals surface area contributed by atoms with Crippen LogP contribution in [-0.2, 0) is 24.0 Å². The Morgan fingerprint density at radius 1 is 1.19 bits per heavy atom. The number of hydrogen-bond donors (Lipinski definition) is 1. The molecule has 1 aliphatic rings. The molecule has 138 valence electrons. The van der Waals surface area contributed by atoms with E-state index in [1.165, 1.54) is 17.0 Å². The highest BCUT2D eigenvalue weighted by atomic mass is 19.1. The quantitative estimate of drug-likeness (QED) is 0.769. The molecule has 0 radical (unpaired) electrons. The monoisotopic (exact) mass is 369 g/mol. The molecule has 1 aromatic heterocycles. The molecule has 1 amide bonds. The predicted octanol–water partition coefficient (Wildman–Crippen LogP) is 2.93. The Hall–Kier alpha value is -3.06. The van der Waals surface area contributed by atoms with E-state index in [1.807, 2.05) is 0 Å². The molecule has 27 heavy (non-hydrogen) atoms. The van der Waals surface area contributed by atoms with E-state index in [9.17, 15) is 18.7 Å². The maximum Gasteiger partial charge on any atom is 0.266 e. The molecular weight excluding hydrogens is 352 g/mol. The van der Waals surface area contributed by atoms with Gasteiger partial charge in [0.05, 0.1) is 18.4 Å². The number of amides is 1. The lowest BCUT2D eigenvalue weighted by atomic mass is 9.97. The number of nitrogens with zero attached hydrogens (tertiary/aromatic N) is 3. The number of halogens is 2. The van der Waals surface area contributed by atoms with Gasteiger partial charge in [-0.2, -0.15) is 5.10 Å². The maximum absolute atomic E-state index is 14.7. The van der Waals surface area contributed by atoms with Gasteiger partial charge in [0.1, 0.15) is 12.5 Å². The average Bonchev–Trinajstić information content (AvgIpc) is 3.20. The van der Waals surface area contributed by atoms with Crippen LogP contribution in [0.2, 0.25) is 0 Å². The summed E-state index contributed by atoms with van der Waals surface area (Å²) in [7, 11) is 1.77. The topological polar surface area (TPSA) is 58.4 Å². The van der Waals surface area contributed by atoms with Gasteiger partial charge in [-0.15, -0.1) is 0 Å². The summed E-state index contributed by atoms with van der Waals surface area (Å²) in [5.74, 6) is -1.28. The Labute approximate surface area is 154 Å². The van der Waals surface area contributed by atoms with Crippen molar-refractivity contribution in [1.82, 2.24) is 9.78 Å². The van der Waals surface area contributed by atoms with Gasteiger partial charge in [-0.1, -0.05) is 30.3 Å². The van der Waals surface area contributed by atoms with Gasteiger partial charge >= 0.3 is 0 Å². The van der Waals surface area contributed by atoms with Crippen molar-refractivity contribution in [2.75, 3.05) is 11.6 Å². The summed E-state index contributed by atoms with van der Waals surface area (Å²) < 4.78 is 29.8. The van der Waals surface area contributed by atoms with Crippen LogP contribution >= 0.6 is 0 Å². The lowest BCUT2D eigenvalue weighted by molar-refractivity contribution is -0.137. The van der Waals surface area contributed by atoms with E-state index in [4.69, 9.17) is 0 Å². The van der Waals surface area contributed by atoms with Gasteiger partial charge in [0.15, 0.2) is 5.60 Å². The molecule has 0 fully saturated rings. The van der Waals surface area contributed by atoms with Crippen LogP contribution < -0.4 is 4.90 Å². The molecule has 0 saturated carbocycles. The molecule has 2 heterocycles.